The maximum absolute atomic E-state index is 12.8. The number of benzene rings is 1. The van der Waals surface area contributed by atoms with E-state index in [1.165, 1.54) is 0 Å². The normalized spacial score (nSPS) is 23.4. The lowest BCUT2D eigenvalue weighted by Crippen LogP contribution is -2.36. The van der Waals surface area contributed by atoms with Crippen LogP contribution in [0.15, 0.2) is 35.2 Å². The first-order valence-corrected chi connectivity index (χ1v) is 11.1. The fourth-order valence-electron chi connectivity index (χ4n) is 4.27. The molecule has 0 radical (unpaired) electrons. The third-order valence-corrected chi connectivity index (χ3v) is 7.62. The van der Waals surface area contributed by atoms with Gasteiger partial charge in [-0.25, -0.2) is 8.42 Å². The standard InChI is InChI=1S/C20H26N2O3S/c23-20(14-16-6-1-2-7-16)22-13-5-8-17-15-18(9-10-19(17)22)26(24,25)21-11-3-4-12-21/h1,6,9-10,15-16H,2-5,7-8,11-14H2. The average molecular weight is 375 g/mol. The fraction of sp³-hybridized carbons (Fsp3) is 0.550. The molecule has 1 atom stereocenters. The zero-order valence-corrected chi connectivity index (χ0v) is 15.9. The molecule has 1 aromatic rings. The van der Waals surface area contributed by atoms with E-state index in [0.717, 1.165) is 56.3 Å². The summed E-state index contributed by atoms with van der Waals surface area (Å²) in [6, 6.07) is 5.30. The number of anilines is 1. The van der Waals surface area contributed by atoms with Crippen molar-refractivity contribution >= 4 is 21.6 Å². The van der Waals surface area contributed by atoms with Crippen LogP contribution in [0.25, 0.3) is 0 Å². The lowest BCUT2D eigenvalue weighted by Gasteiger charge is -2.31. The van der Waals surface area contributed by atoms with Gasteiger partial charge in [0.25, 0.3) is 0 Å². The van der Waals surface area contributed by atoms with Crippen molar-refractivity contribution in [2.45, 2.75) is 49.8 Å². The van der Waals surface area contributed by atoms with E-state index in [-0.39, 0.29) is 5.91 Å². The Hall–Kier alpha value is -1.66. The molecule has 4 rings (SSSR count). The Morgan fingerprint density at radius 2 is 1.92 bits per heavy atom. The molecule has 0 bridgehead atoms. The average Bonchev–Trinajstić information content (AvgIpc) is 3.34. The van der Waals surface area contributed by atoms with Crippen molar-refractivity contribution in [3.8, 4) is 0 Å². The molecule has 1 aromatic carbocycles. The number of carbonyl (C=O) groups is 1. The van der Waals surface area contributed by atoms with Gasteiger partial charge in [0, 0.05) is 31.7 Å². The van der Waals surface area contributed by atoms with Crippen LogP contribution in [0.4, 0.5) is 5.69 Å². The maximum atomic E-state index is 12.8. The zero-order valence-electron chi connectivity index (χ0n) is 15.1. The van der Waals surface area contributed by atoms with Crippen LogP contribution in [-0.4, -0.2) is 38.3 Å². The fourth-order valence-corrected chi connectivity index (χ4v) is 5.84. The largest absolute Gasteiger partial charge is 0.312 e. The van der Waals surface area contributed by atoms with E-state index in [2.05, 4.69) is 12.2 Å². The molecule has 2 heterocycles. The SMILES string of the molecule is O=C(CC1C=CCC1)N1CCCc2cc(S(=O)(=O)N3CCCC3)ccc21. The summed E-state index contributed by atoms with van der Waals surface area (Å²) >= 11 is 0. The quantitative estimate of drug-likeness (QED) is 0.761. The highest BCUT2D eigenvalue weighted by Crippen LogP contribution is 2.32. The molecule has 0 aromatic heterocycles. The van der Waals surface area contributed by atoms with Crippen LogP contribution in [0.1, 0.15) is 44.1 Å². The van der Waals surface area contributed by atoms with E-state index < -0.39 is 10.0 Å². The Morgan fingerprint density at radius 1 is 1.12 bits per heavy atom. The van der Waals surface area contributed by atoms with Crippen molar-refractivity contribution in [3.05, 3.63) is 35.9 Å². The van der Waals surface area contributed by atoms with Gasteiger partial charge in [-0.3, -0.25) is 4.79 Å². The van der Waals surface area contributed by atoms with Crippen LogP contribution in [-0.2, 0) is 21.2 Å². The summed E-state index contributed by atoms with van der Waals surface area (Å²) in [6.07, 6.45) is 10.5. The Labute approximate surface area is 155 Å². The Bertz CT molecular complexity index is 825. The minimum atomic E-state index is -3.41. The third kappa shape index (κ3) is 3.32. The molecule has 0 N–H and O–H groups in total. The maximum Gasteiger partial charge on any atom is 0.243 e. The van der Waals surface area contributed by atoms with Gasteiger partial charge in [-0.1, -0.05) is 12.2 Å². The number of amides is 1. The minimum absolute atomic E-state index is 0.151. The number of rotatable bonds is 4. The van der Waals surface area contributed by atoms with E-state index in [9.17, 15) is 13.2 Å². The topological polar surface area (TPSA) is 57.7 Å². The number of sulfonamides is 1. The summed E-state index contributed by atoms with van der Waals surface area (Å²) in [4.78, 5) is 15.0. The first-order valence-electron chi connectivity index (χ1n) is 9.66. The summed E-state index contributed by atoms with van der Waals surface area (Å²) < 4.78 is 27.2. The van der Waals surface area contributed by atoms with Crippen LogP contribution in [0.5, 0.6) is 0 Å². The monoisotopic (exact) mass is 374 g/mol. The molecule has 1 saturated heterocycles. The van der Waals surface area contributed by atoms with Gasteiger partial charge in [0.15, 0.2) is 0 Å². The lowest BCUT2D eigenvalue weighted by atomic mass is 9.99. The Balaban J connectivity index is 1.57. The summed E-state index contributed by atoms with van der Waals surface area (Å²) in [5.74, 6) is 0.500. The number of hydrogen-bond acceptors (Lipinski definition) is 3. The molecule has 140 valence electrons. The van der Waals surface area contributed by atoms with Gasteiger partial charge in [-0.15, -0.1) is 0 Å². The van der Waals surface area contributed by atoms with Crippen molar-refractivity contribution in [3.63, 3.8) is 0 Å². The number of carbonyl (C=O) groups excluding carboxylic acids is 1. The summed E-state index contributed by atoms with van der Waals surface area (Å²) in [5.41, 5.74) is 1.87. The second-order valence-corrected chi connectivity index (χ2v) is 9.46. The molecule has 0 spiro atoms. The summed E-state index contributed by atoms with van der Waals surface area (Å²) in [6.45, 7) is 1.94. The van der Waals surface area contributed by atoms with E-state index in [0.29, 0.717) is 30.3 Å². The van der Waals surface area contributed by atoms with Gasteiger partial charge in [0.2, 0.25) is 15.9 Å². The predicted molar refractivity (Wildman–Crippen MR) is 102 cm³/mol. The predicted octanol–water partition coefficient (Wildman–Crippen LogP) is 3.11. The second-order valence-electron chi connectivity index (χ2n) is 7.52. The van der Waals surface area contributed by atoms with Crippen molar-refractivity contribution < 1.29 is 13.2 Å². The Kier molecular flexibility index (Phi) is 4.88. The summed E-state index contributed by atoms with van der Waals surface area (Å²) in [7, 11) is -3.41. The Morgan fingerprint density at radius 3 is 2.65 bits per heavy atom. The van der Waals surface area contributed by atoms with E-state index >= 15 is 0 Å². The highest BCUT2D eigenvalue weighted by atomic mass is 32.2. The molecule has 6 heteroatoms. The third-order valence-electron chi connectivity index (χ3n) is 5.72. The van der Waals surface area contributed by atoms with Crippen LogP contribution < -0.4 is 4.90 Å². The molecule has 1 fully saturated rings. The van der Waals surface area contributed by atoms with Crippen molar-refractivity contribution in [1.82, 2.24) is 4.31 Å². The smallest absolute Gasteiger partial charge is 0.243 e. The summed E-state index contributed by atoms with van der Waals surface area (Å²) in [5, 5.41) is 0. The van der Waals surface area contributed by atoms with E-state index in [1.54, 1.807) is 16.4 Å². The number of allylic oxidation sites excluding steroid dienone is 2. The van der Waals surface area contributed by atoms with Gasteiger partial charge in [-0.05, 0) is 68.2 Å². The van der Waals surface area contributed by atoms with Gasteiger partial charge in [-0.2, -0.15) is 4.31 Å². The first-order chi connectivity index (χ1) is 12.6. The van der Waals surface area contributed by atoms with Crippen LogP contribution in [0, 0.1) is 5.92 Å². The molecular formula is C20H26N2O3S. The molecular weight excluding hydrogens is 348 g/mol. The van der Waals surface area contributed by atoms with E-state index in [1.807, 2.05) is 11.0 Å². The van der Waals surface area contributed by atoms with Gasteiger partial charge < -0.3 is 4.90 Å². The van der Waals surface area contributed by atoms with Crippen molar-refractivity contribution in [2.75, 3.05) is 24.5 Å². The van der Waals surface area contributed by atoms with E-state index in [4.69, 9.17) is 0 Å². The lowest BCUT2D eigenvalue weighted by molar-refractivity contribution is -0.119. The minimum Gasteiger partial charge on any atom is -0.312 e. The molecule has 1 aliphatic carbocycles. The van der Waals surface area contributed by atoms with Gasteiger partial charge >= 0.3 is 0 Å². The van der Waals surface area contributed by atoms with Gasteiger partial charge in [0.1, 0.15) is 0 Å². The second kappa shape index (κ2) is 7.16. The van der Waals surface area contributed by atoms with Gasteiger partial charge in [0.05, 0.1) is 4.90 Å². The first kappa shape index (κ1) is 17.7. The van der Waals surface area contributed by atoms with Crippen LogP contribution >= 0.6 is 0 Å². The number of hydrogen-bond donors (Lipinski definition) is 0. The van der Waals surface area contributed by atoms with Crippen LogP contribution in [0.2, 0.25) is 0 Å². The van der Waals surface area contributed by atoms with Crippen molar-refractivity contribution in [2.24, 2.45) is 5.92 Å². The molecule has 2 aliphatic heterocycles. The molecule has 26 heavy (non-hydrogen) atoms. The molecule has 0 saturated carbocycles. The highest BCUT2D eigenvalue weighted by molar-refractivity contribution is 7.89. The molecule has 1 amide bonds. The van der Waals surface area contributed by atoms with Crippen molar-refractivity contribution in [1.29, 1.82) is 0 Å². The highest BCUT2D eigenvalue weighted by Gasteiger charge is 2.30. The van der Waals surface area contributed by atoms with Crippen LogP contribution in [0.3, 0.4) is 0 Å². The molecule has 5 nitrogen and oxygen atoms in total. The molecule has 3 aliphatic rings. The number of fused-ring (bicyclic) bond motifs is 1. The zero-order chi connectivity index (χ0) is 18.1. The molecule has 1 unspecified atom stereocenters. The number of aryl methyl sites for hydroxylation is 1. The number of nitrogens with zero attached hydrogens (tertiary/aromatic N) is 2.